The number of rotatable bonds is 14. The molecule has 2 aromatic heterocycles. The van der Waals surface area contributed by atoms with E-state index in [0.29, 0.717) is 78.4 Å². The van der Waals surface area contributed by atoms with Crippen LogP contribution in [0.5, 0.6) is 23.0 Å². The summed E-state index contributed by atoms with van der Waals surface area (Å²) < 4.78 is 27.1. The Labute approximate surface area is 371 Å². The van der Waals surface area contributed by atoms with Crippen LogP contribution < -0.4 is 14.2 Å². The van der Waals surface area contributed by atoms with E-state index in [9.17, 15) is 28.8 Å². The lowest BCUT2D eigenvalue weighted by Gasteiger charge is -2.12. The first kappa shape index (κ1) is 42.8. The molecule has 320 valence electrons. The van der Waals surface area contributed by atoms with Crippen molar-refractivity contribution < 1.29 is 52.5 Å². The summed E-state index contributed by atoms with van der Waals surface area (Å²) >= 11 is 0. The zero-order chi connectivity index (χ0) is 45.5. The van der Waals surface area contributed by atoms with Gasteiger partial charge >= 0.3 is 23.9 Å². The highest BCUT2D eigenvalue weighted by molar-refractivity contribution is 6.07. The molecule has 0 N–H and O–H groups in total. The molecule has 0 aliphatic heterocycles. The van der Waals surface area contributed by atoms with Crippen molar-refractivity contribution in [2.24, 2.45) is 0 Å². The minimum Gasteiger partial charge on any atom is -0.457 e. The summed E-state index contributed by atoms with van der Waals surface area (Å²) in [6, 6.07) is 43.8. The number of esters is 4. The van der Waals surface area contributed by atoms with Gasteiger partial charge in [0, 0.05) is 46.9 Å². The van der Waals surface area contributed by atoms with Crippen LogP contribution in [0.1, 0.15) is 55.3 Å². The van der Waals surface area contributed by atoms with Crippen molar-refractivity contribution in [3.8, 4) is 45.5 Å². The first-order valence-corrected chi connectivity index (χ1v) is 20.1. The van der Waals surface area contributed by atoms with Gasteiger partial charge in [-0.2, -0.15) is 0 Å². The summed E-state index contributed by atoms with van der Waals surface area (Å²) in [4.78, 5) is 84.5. The molecule has 65 heavy (non-hydrogen) atoms. The van der Waals surface area contributed by atoms with Crippen LogP contribution in [0.25, 0.3) is 44.3 Å². The maximum atomic E-state index is 13.4. The Kier molecular flexibility index (Phi) is 12.6. The van der Waals surface area contributed by atoms with Crippen LogP contribution in [-0.2, 0) is 19.1 Å². The number of pyridine rings is 2. The van der Waals surface area contributed by atoms with Crippen molar-refractivity contribution in [3.63, 3.8) is 0 Å². The molecule has 0 fully saturated rings. The van der Waals surface area contributed by atoms with Gasteiger partial charge in [-0.1, -0.05) is 36.4 Å². The molecule has 0 amide bonds. The summed E-state index contributed by atoms with van der Waals surface area (Å²) in [5.74, 6) is -1.55. The van der Waals surface area contributed by atoms with Gasteiger partial charge in [-0.05, 0) is 121 Å². The second-order valence-corrected chi connectivity index (χ2v) is 14.5. The standard InChI is InChI=1S/C52H36N2O11/c1-31(55)63-37-23-15-35(16-24-37)49(57)29-61-51(59)43-27-47(53-45-9-5-3-7-41(43)45)33-11-19-39(20-12-33)65-40-21-13-34(14-22-40)48-28-44(42-8-4-6-10-46(42)54-48)52(60)62-30-50(58)36-17-25-38(26-18-36)64-32(2)56/h3-28H,29-30H2,1-2H3. The molecule has 0 unspecified atom stereocenters. The van der Waals surface area contributed by atoms with Gasteiger partial charge in [0.2, 0.25) is 0 Å². The summed E-state index contributed by atoms with van der Waals surface area (Å²) in [6.45, 7) is 1.56. The van der Waals surface area contributed by atoms with Crippen LogP contribution >= 0.6 is 0 Å². The summed E-state index contributed by atoms with van der Waals surface area (Å²) in [6.07, 6.45) is 0. The maximum Gasteiger partial charge on any atom is 0.339 e. The largest absolute Gasteiger partial charge is 0.457 e. The molecule has 2 heterocycles. The zero-order valence-corrected chi connectivity index (χ0v) is 34.8. The predicted octanol–water partition coefficient (Wildman–Crippen LogP) is 9.84. The molecule has 0 radical (unpaired) electrons. The molecule has 13 nitrogen and oxygen atoms in total. The van der Waals surface area contributed by atoms with E-state index in [0.717, 1.165) is 0 Å². The van der Waals surface area contributed by atoms with Gasteiger partial charge in [0.15, 0.2) is 24.8 Å². The fraction of sp³-hybridized carbons (Fsp3) is 0.0769. The molecule has 0 saturated heterocycles. The van der Waals surface area contributed by atoms with E-state index in [1.54, 1.807) is 72.8 Å². The van der Waals surface area contributed by atoms with Crippen LogP contribution in [0.15, 0.2) is 158 Å². The average Bonchev–Trinajstić information content (AvgIpc) is 3.32. The van der Waals surface area contributed by atoms with Crippen molar-refractivity contribution in [2.75, 3.05) is 13.2 Å². The van der Waals surface area contributed by atoms with Crippen molar-refractivity contribution in [2.45, 2.75) is 13.8 Å². The zero-order valence-electron chi connectivity index (χ0n) is 34.8. The second kappa shape index (κ2) is 19.1. The Morgan fingerprint density at radius 2 is 0.785 bits per heavy atom. The summed E-state index contributed by atoms with van der Waals surface area (Å²) in [5, 5.41) is 1.12. The quantitative estimate of drug-likeness (QED) is 0.0574. The number of aromatic nitrogens is 2. The van der Waals surface area contributed by atoms with Crippen molar-refractivity contribution in [1.29, 1.82) is 0 Å². The minimum absolute atomic E-state index is 0.241. The molecular formula is C52H36N2O11. The van der Waals surface area contributed by atoms with Gasteiger partial charge in [-0.25, -0.2) is 19.6 Å². The smallest absolute Gasteiger partial charge is 0.339 e. The molecule has 0 aliphatic rings. The Balaban J connectivity index is 0.934. The third kappa shape index (κ3) is 10.3. The van der Waals surface area contributed by atoms with Gasteiger partial charge in [0.1, 0.15) is 23.0 Å². The number of carbonyl (C=O) groups is 6. The number of carbonyl (C=O) groups excluding carboxylic acids is 6. The Morgan fingerprint density at radius 1 is 0.431 bits per heavy atom. The third-order valence-electron chi connectivity index (χ3n) is 9.95. The van der Waals surface area contributed by atoms with Crippen molar-refractivity contribution in [1.82, 2.24) is 9.97 Å². The SMILES string of the molecule is CC(=O)Oc1ccc(C(=O)COC(=O)c2cc(-c3ccc(Oc4ccc(-c5cc(C(=O)OCC(=O)c6ccc(OC(C)=O)cc6)c6ccccc6n5)cc4)cc3)nc3ccccc23)cc1. The lowest BCUT2D eigenvalue weighted by molar-refractivity contribution is -0.132. The molecule has 0 aliphatic carbocycles. The third-order valence-corrected chi connectivity index (χ3v) is 9.95. The molecule has 0 saturated carbocycles. The van der Waals surface area contributed by atoms with E-state index in [4.69, 9.17) is 33.7 Å². The Bertz CT molecular complexity index is 2920. The molecule has 8 rings (SSSR count). The van der Waals surface area contributed by atoms with E-state index < -0.39 is 48.7 Å². The van der Waals surface area contributed by atoms with Crippen LogP contribution in [0.3, 0.4) is 0 Å². The first-order valence-electron chi connectivity index (χ1n) is 20.1. The molecule has 13 heteroatoms. The van der Waals surface area contributed by atoms with Gasteiger partial charge < -0.3 is 23.7 Å². The number of Topliss-reactive ketones (excluding diaryl/α,β-unsaturated/α-hetero) is 2. The number of ether oxygens (including phenoxy) is 5. The number of para-hydroxylation sites is 2. The second-order valence-electron chi connectivity index (χ2n) is 14.5. The Hall–Kier alpha value is -8.84. The molecular weight excluding hydrogens is 829 g/mol. The van der Waals surface area contributed by atoms with Gasteiger partial charge in [0.25, 0.3) is 0 Å². The normalized spacial score (nSPS) is 10.8. The van der Waals surface area contributed by atoms with E-state index in [1.165, 1.54) is 62.4 Å². The van der Waals surface area contributed by atoms with Crippen molar-refractivity contribution >= 4 is 57.2 Å². The average molecular weight is 865 g/mol. The van der Waals surface area contributed by atoms with E-state index in [-0.39, 0.29) is 11.1 Å². The van der Waals surface area contributed by atoms with E-state index in [2.05, 4.69) is 0 Å². The maximum absolute atomic E-state index is 13.4. The molecule has 0 atom stereocenters. The van der Waals surface area contributed by atoms with Gasteiger partial charge in [-0.3, -0.25) is 19.2 Å². The minimum atomic E-state index is -0.692. The van der Waals surface area contributed by atoms with Crippen LogP contribution in [-0.4, -0.2) is 58.6 Å². The van der Waals surface area contributed by atoms with E-state index in [1.807, 2.05) is 36.4 Å². The number of fused-ring (bicyclic) bond motifs is 2. The number of hydrogen-bond acceptors (Lipinski definition) is 13. The topological polar surface area (TPSA) is 174 Å². The molecule has 8 aromatic rings. The predicted molar refractivity (Wildman–Crippen MR) is 239 cm³/mol. The summed E-state index contributed by atoms with van der Waals surface area (Å²) in [7, 11) is 0. The monoisotopic (exact) mass is 864 g/mol. The number of benzene rings is 6. The first-order chi connectivity index (χ1) is 31.5. The van der Waals surface area contributed by atoms with Gasteiger partial charge in [-0.15, -0.1) is 0 Å². The van der Waals surface area contributed by atoms with Crippen LogP contribution in [0.2, 0.25) is 0 Å². The fourth-order valence-corrected chi connectivity index (χ4v) is 6.84. The molecule has 6 aromatic carbocycles. The number of nitrogens with zero attached hydrogens (tertiary/aromatic N) is 2. The molecule has 0 bridgehead atoms. The Morgan fingerprint density at radius 3 is 1.15 bits per heavy atom. The summed E-state index contributed by atoms with van der Waals surface area (Å²) in [5.41, 5.74) is 4.60. The fourth-order valence-electron chi connectivity index (χ4n) is 6.84. The molecule has 0 spiro atoms. The van der Waals surface area contributed by atoms with Crippen molar-refractivity contribution in [3.05, 3.63) is 180 Å². The van der Waals surface area contributed by atoms with Crippen LogP contribution in [0, 0.1) is 0 Å². The van der Waals surface area contributed by atoms with Crippen LogP contribution in [0.4, 0.5) is 0 Å². The highest BCUT2D eigenvalue weighted by Crippen LogP contribution is 2.31. The van der Waals surface area contributed by atoms with E-state index >= 15 is 0 Å². The highest BCUT2D eigenvalue weighted by Gasteiger charge is 2.20. The highest BCUT2D eigenvalue weighted by atomic mass is 16.5. The number of ketones is 2. The lowest BCUT2D eigenvalue weighted by atomic mass is 10.0. The number of hydrogen-bond donors (Lipinski definition) is 0. The lowest BCUT2D eigenvalue weighted by Crippen LogP contribution is -2.15. The van der Waals surface area contributed by atoms with Gasteiger partial charge in [0.05, 0.1) is 33.5 Å².